The van der Waals surface area contributed by atoms with Crippen molar-refractivity contribution in [1.29, 1.82) is 0 Å². The molecule has 0 saturated heterocycles. The fourth-order valence-corrected chi connectivity index (χ4v) is 2.81. The van der Waals surface area contributed by atoms with Crippen molar-refractivity contribution in [2.45, 2.75) is 27.7 Å². The number of aromatic amines is 1. The summed E-state index contributed by atoms with van der Waals surface area (Å²) in [5, 5.41) is 7.66. The fraction of sp³-hybridized carbons (Fsp3) is 0.211. The molecule has 1 heterocycles. The van der Waals surface area contributed by atoms with Gasteiger partial charge in [-0.05, 0) is 44.9 Å². The zero-order chi connectivity index (χ0) is 15.0. The van der Waals surface area contributed by atoms with E-state index < -0.39 is 0 Å². The van der Waals surface area contributed by atoms with Crippen LogP contribution in [-0.2, 0) is 0 Å². The summed E-state index contributed by atoms with van der Waals surface area (Å²) in [5.41, 5.74) is 9.56. The van der Waals surface area contributed by atoms with Crippen molar-refractivity contribution in [3.63, 3.8) is 0 Å². The van der Waals surface area contributed by atoms with Crippen LogP contribution in [0.1, 0.15) is 22.3 Å². The van der Waals surface area contributed by atoms with Gasteiger partial charge in [0.25, 0.3) is 0 Å². The number of nitrogens with one attached hydrogen (secondary N) is 1. The fourth-order valence-electron chi connectivity index (χ4n) is 2.81. The Morgan fingerprint density at radius 3 is 1.86 bits per heavy atom. The summed E-state index contributed by atoms with van der Waals surface area (Å²) in [7, 11) is 0. The summed E-state index contributed by atoms with van der Waals surface area (Å²) in [4.78, 5) is 0. The SMILES string of the molecule is Cc1ccc(-c2cc(-c3ccc(C)cc3C)[nH]n2)c(C)c1. The number of rotatable bonds is 2. The second-order valence-corrected chi connectivity index (χ2v) is 5.80. The topological polar surface area (TPSA) is 28.7 Å². The van der Waals surface area contributed by atoms with Crippen LogP contribution in [0.15, 0.2) is 42.5 Å². The van der Waals surface area contributed by atoms with E-state index in [1.165, 1.54) is 33.4 Å². The average molecular weight is 276 g/mol. The molecule has 0 aliphatic heterocycles. The quantitative estimate of drug-likeness (QED) is 0.702. The van der Waals surface area contributed by atoms with Gasteiger partial charge < -0.3 is 0 Å². The molecule has 0 saturated carbocycles. The highest BCUT2D eigenvalue weighted by Gasteiger charge is 2.09. The average Bonchev–Trinajstić information content (AvgIpc) is 2.87. The minimum absolute atomic E-state index is 1.00. The highest BCUT2D eigenvalue weighted by Crippen LogP contribution is 2.28. The molecule has 21 heavy (non-hydrogen) atoms. The van der Waals surface area contributed by atoms with Gasteiger partial charge in [-0.3, -0.25) is 5.10 Å². The van der Waals surface area contributed by atoms with Gasteiger partial charge >= 0.3 is 0 Å². The molecule has 2 nitrogen and oxygen atoms in total. The molecule has 0 spiro atoms. The molecular weight excluding hydrogens is 256 g/mol. The van der Waals surface area contributed by atoms with Gasteiger partial charge in [-0.1, -0.05) is 47.5 Å². The molecule has 0 fully saturated rings. The Morgan fingerprint density at radius 2 is 1.29 bits per heavy atom. The summed E-state index contributed by atoms with van der Waals surface area (Å²) in [6.07, 6.45) is 0. The van der Waals surface area contributed by atoms with Gasteiger partial charge in [0.05, 0.1) is 11.4 Å². The Morgan fingerprint density at radius 1 is 0.714 bits per heavy atom. The van der Waals surface area contributed by atoms with Crippen LogP contribution >= 0.6 is 0 Å². The van der Waals surface area contributed by atoms with E-state index in [0.717, 1.165) is 11.4 Å². The van der Waals surface area contributed by atoms with Crippen molar-refractivity contribution in [2.24, 2.45) is 0 Å². The number of aromatic nitrogens is 2. The third kappa shape index (κ3) is 2.62. The first kappa shape index (κ1) is 13.6. The van der Waals surface area contributed by atoms with Gasteiger partial charge in [-0.25, -0.2) is 0 Å². The zero-order valence-electron chi connectivity index (χ0n) is 13.0. The first-order valence-corrected chi connectivity index (χ1v) is 7.25. The first-order valence-electron chi connectivity index (χ1n) is 7.25. The maximum atomic E-state index is 4.49. The Hall–Kier alpha value is -2.35. The lowest BCUT2D eigenvalue weighted by atomic mass is 10.0. The largest absolute Gasteiger partial charge is 0.277 e. The molecule has 2 heteroatoms. The van der Waals surface area contributed by atoms with Crippen LogP contribution in [0, 0.1) is 27.7 Å². The lowest BCUT2D eigenvalue weighted by Gasteiger charge is -2.04. The van der Waals surface area contributed by atoms with Gasteiger partial charge in [0.15, 0.2) is 0 Å². The monoisotopic (exact) mass is 276 g/mol. The molecule has 3 rings (SSSR count). The standard InChI is InChI=1S/C19H20N2/c1-12-5-7-16(14(3)9-12)18-11-19(21-20-18)17-8-6-13(2)10-15(17)4/h5-11H,1-4H3,(H,20,21). The third-order valence-corrected chi connectivity index (χ3v) is 3.91. The van der Waals surface area contributed by atoms with Crippen molar-refractivity contribution in [1.82, 2.24) is 10.2 Å². The summed E-state index contributed by atoms with van der Waals surface area (Å²) in [6.45, 7) is 8.50. The van der Waals surface area contributed by atoms with Crippen LogP contribution in [0.5, 0.6) is 0 Å². The maximum absolute atomic E-state index is 4.49. The number of hydrogen-bond acceptors (Lipinski definition) is 1. The Bertz CT molecular complexity index is 731. The molecule has 1 aromatic heterocycles. The molecule has 106 valence electrons. The van der Waals surface area contributed by atoms with Gasteiger partial charge in [0, 0.05) is 11.1 Å². The van der Waals surface area contributed by atoms with Crippen LogP contribution in [0.3, 0.4) is 0 Å². The second-order valence-electron chi connectivity index (χ2n) is 5.80. The number of aryl methyl sites for hydroxylation is 4. The van der Waals surface area contributed by atoms with Gasteiger partial charge in [-0.15, -0.1) is 0 Å². The normalized spacial score (nSPS) is 10.9. The Labute approximate surface area is 125 Å². The molecule has 0 aliphatic rings. The van der Waals surface area contributed by atoms with Crippen molar-refractivity contribution in [2.75, 3.05) is 0 Å². The molecule has 1 N–H and O–H groups in total. The molecule has 0 aliphatic carbocycles. The maximum Gasteiger partial charge on any atom is 0.0929 e. The molecule has 0 amide bonds. The highest BCUT2D eigenvalue weighted by molar-refractivity contribution is 5.72. The predicted molar refractivity (Wildman–Crippen MR) is 88.4 cm³/mol. The summed E-state index contributed by atoms with van der Waals surface area (Å²) in [6, 6.07) is 15.1. The summed E-state index contributed by atoms with van der Waals surface area (Å²) in [5.74, 6) is 0. The Balaban J connectivity index is 2.03. The van der Waals surface area contributed by atoms with Crippen molar-refractivity contribution < 1.29 is 0 Å². The molecule has 0 bridgehead atoms. The lowest BCUT2D eigenvalue weighted by Crippen LogP contribution is -1.84. The van der Waals surface area contributed by atoms with E-state index in [0.29, 0.717) is 0 Å². The number of hydrogen-bond donors (Lipinski definition) is 1. The van der Waals surface area contributed by atoms with Gasteiger partial charge in [-0.2, -0.15) is 5.10 Å². The number of H-pyrrole nitrogens is 1. The molecule has 0 unspecified atom stereocenters. The van der Waals surface area contributed by atoms with E-state index >= 15 is 0 Å². The minimum Gasteiger partial charge on any atom is -0.277 e. The van der Waals surface area contributed by atoms with Crippen molar-refractivity contribution in [3.05, 3.63) is 64.7 Å². The zero-order valence-corrected chi connectivity index (χ0v) is 13.0. The van der Waals surface area contributed by atoms with E-state index in [9.17, 15) is 0 Å². The van der Waals surface area contributed by atoms with Crippen molar-refractivity contribution >= 4 is 0 Å². The molecule has 2 aromatic carbocycles. The predicted octanol–water partition coefficient (Wildman–Crippen LogP) is 4.98. The molecule has 0 radical (unpaired) electrons. The van der Waals surface area contributed by atoms with Crippen LogP contribution in [-0.4, -0.2) is 10.2 Å². The van der Waals surface area contributed by atoms with Crippen LogP contribution in [0.25, 0.3) is 22.5 Å². The van der Waals surface area contributed by atoms with E-state index in [-0.39, 0.29) is 0 Å². The van der Waals surface area contributed by atoms with Crippen LogP contribution < -0.4 is 0 Å². The molecule has 3 aromatic rings. The molecule has 0 atom stereocenters. The third-order valence-electron chi connectivity index (χ3n) is 3.91. The Kier molecular flexibility index (Phi) is 3.38. The van der Waals surface area contributed by atoms with Crippen LogP contribution in [0.4, 0.5) is 0 Å². The van der Waals surface area contributed by atoms with Crippen LogP contribution in [0.2, 0.25) is 0 Å². The highest BCUT2D eigenvalue weighted by atomic mass is 15.1. The van der Waals surface area contributed by atoms with E-state index in [1.54, 1.807) is 0 Å². The number of nitrogens with zero attached hydrogens (tertiary/aromatic N) is 1. The summed E-state index contributed by atoms with van der Waals surface area (Å²) >= 11 is 0. The van der Waals surface area contributed by atoms with Gasteiger partial charge in [0.1, 0.15) is 0 Å². The first-order chi connectivity index (χ1) is 10.0. The smallest absolute Gasteiger partial charge is 0.0929 e. The van der Waals surface area contributed by atoms with E-state index in [1.807, 2.05) is 0 Å². The number of benzene rings is 2. The summed E-state index contributed by atoms with van der Waals surface area (Å²) < 4.78 is 0. The minimum atomic E-state index is 1.00. The second kappa shape index (κ2) is 5.21. The lowest BCUT2D eigenvalue weighted by molar-refractivity contribution is 1.09. The molecular formula is C19H20N2. The van der Waals surface area contributed by atoms with Gasteiger partial charge in [0.2, 0.25) is 0 Å². The van der Waals surface area contributed by atoms with E-state index in [2.05, 4.69) is 80.4 Å². The van der Waals surface area contributed by atoms with Crippen molar-refractivity contribution in [3.8, 4) is 22.5 Å². The van der Waals surface area contributed by atoms with E-state index in [4.69, 9.17) is 0 Å².